The number of aromatic amines is 1. The fourth-order valence-corrected chi connectivity index (χ4v) is 1.60. The second-order valence-corrected chi connectivity index (χ2v) is 4.01. The molecule has 2 rings (SSSR count). The molecule has 1 aromatic carbocycles. The first-order chi connectivity index (χ1) is 8.58. The lowest BCUT2D eigenvalue weighted by molar-refractivity contribution is 0.443. The van der Waals surface area contributed by atoms with Crippen molar-refractivity contribution in [3.8, 4) is 0 Å². The van der Waals surface area contributed by atoms with Gasteiger partial charge in [-0.3, -0.25) is 5.10 Å². The molecule has 0 fully saturated rings. The standard InChI is InChI=1S/C12H12F3N3/c1-7(9-5-17-18-6-9)16-4-8-2-10(13)12(15)11(14)3-8/h2-3,5-7,16H,4H2,1H3,(H,17,18). The van der Waals surface area contributed by atoms with Crippen LogP contribution in [0.25, 0.3) is 0 Å². The summed E-state index contributed by atoms with van der Waals surface area (Å²) in [5, 5.41) is 9.54. The quantitative estimate of drug-likeness (QED) is 0.825. The van der Waals surface area contributed by atoms with Gasteiger partial charge in [0.2, 0.25) is 0 Å². The molecule has 0 amide bonds. The monoisotopic (exact) mass is 255 g/mol. The molecular formula is C12H12F3N3. The number of halogens is 3. The Bertz CT molecular complexity index is 502. The van der Waals surface area contributed by atoms with Crippen molar-refractivity contribution in [1.82, 2.24) is 15.5 Å². The van der Waals surface area contributed by atoms with E-state index < -0.39 is 17.5 Å². The summed E-state index contributed by atoms with van der Waals surface area (Å²) in [6.07, 6.45) is 3.38. The summed E-state index contributed by atoms with van der Waals surface area (Å²) in [7, 11) is 0. The van der Waals surface area contributed by atoms with Crippen LogP contribution in [0, 0.1) is 17.5 Å². The van der Waals surface area contributed by atoms with Crippen molar-refractivity contribution in [3.63, 3.8) is 0 Å². The fraction of sp³-hybridized carbons (Fsp3) is 0.250. The summed E-state index contributed by atoms with van der Waals surface area (Å²) >= 11 is 0. The minimum atomic E-state index is -1.44. The molecule has 1 atom stereocenters. The van der Waals surface area contributed by atoms with E-state index in [2.05, 4.69) is 15.5 Å². The predicted octanol–water partition coefficient (Wildman–Crippen LogP) is 2.68. The molecule has 0 saturated carbocycles. The van der Waals surface area contributed by atoms with Crippen LogP contribution in [0.2, 0.25) is 0 Å². The first-order valence-electron chi connectivity index (χ1n) is 5.43. The highest BCUT2D eigenvalue weighted by Crippen LogP contribution is 2.15. The molecule has 3 nitrogen and oxygen atoms in total. The van der Waals surface area contributed by atoms with Crippen LogP contribution in [0.4, 0.5) is 13.2 Å². The smallest absolute Gasteiger partial charge is 0.194 e. The molecule has 1 aromatic heterocycles. The molecule has 6 heteroatoms. The lowest BCUT2D eigenvalue weighted by atomic mass is 10.1. The van der Waals surface area contributed by atoms with E-state index in [0.29, 0.717) is 5.56 Å². The Labute approximate surface area is 102 Å². The zero-order chi connectivity index (χ0) is 13.1. The van der Waals surface area contributed by atoms with Crippen molar-refractivity contribution in [1.29, 1.82) is 0 Å². The Kier molecular flexibility index (Phi) is 3.66. The topological polar surface area (TPSA) is 40.7 Å². The molecule has 0 aliphatic rings. The van der Waals surface area contributed by atoms with Gasteiger partial charge in [-0.1, -0.05) is 0 Å². The van der Waals surface area contributed by atoms with Crippen molar-refractivity contribution in [2.45, 2.75) is 19.5 Å². The Morgan fingerprint density at radius 3 is 2.50 bits per heavy atom. The molecule has 0 spiro atoms. The van der Waals surface area contributed by atoms with Crippen LogP contribution < -0.4 is 5.32 Å². The lowest BCUT2D eigenvalue weighted by Crippen LogP contribution is -2.18. The summed E-state index contributed by atoms with van der Waals surface area (Å²) < 4.78 is 38.7. The molecule has 0 bridgehead atoms. The van der Waals surface area contributed by atoms with E-state index >= 15 is 0 Å². The van der Waals surface area contributed by atoms with Crippen LogP contribution in [-0.2, 0) is 6.54 Å². The third kappa shape index (κ3) is 2.70. The van der Waals surface area contributed by atoms with E-state index in [1.54, 1.807) is 12.4 Å². The summed E-state index contributed by atoms with van der Waals surface area (Å²) in [6, 6.07) is 1.93. The first-order valence-corrected chi connectivity index (χ1v) is 5.43. The third-order valence-electron chi connectivity index (χ3n) is 2.68. The molecule has 0 aliphatic heterocycles. The van der Waals surface area contributed by atoms with Gasteiger partial charge in [-0.15, -0.1) is 0 Å². The highest BCUT2D eigenvalue weighted by molar-refractivity contribution is 5.19. The molecule has 2 aromatic rings. The second-order valence-electron chi connectivity index (χ2n) is 4.01. The van der Waals surface area contributed by atoms with Crippen molar-refractivity contribution < 1.29 is 13.2 Å². The average molecular weight is 255 g/mol. The number of hydrogen-bond acceptors (Lipinski definition) is 2. The number of benzene rings is 1. The summed E-state index contributed by atoms with van der Waals surface area (Å²) in [6.45, 7) is 2.13. The fourth-order valence-electron chi connectivity index (χ4n) is 1.60. The number of rotatable bonds is 4. The minimum absolute atomic E-state index is 0.0278. The van der Waals surface area contributed by atoms with Gasteiger partial charge >= 0.3 is 0 Å². The van der Waals surface area contributed by atoms with Crippen LogP contribution >= 0.6 is 0 Å². The Morgan fingerprint density at radius 2 is 1.94 bits per heavy atom. The van der Waals surface area contributed by atoms with E-state index in [0.717, 1.165) is 17.7 Å². The molecule has 1 unspecified atom stereocenters. The third-order valence-corrected chi connectivity index (χ3v) is 2.68. The molecular weight excluding hydrogens is 243 g/mol. The van der Waals surface area contributed by atoms with Crippen molar-refractivity contribution in [2.75, 3.05) is 0 Å². The van der Waals surface area contributed by atoms with Gasteiger partial charge < -0.3 is 5.32 Å². The second kappa shape index (κ2) is 5.22. The number of hydrogen-bond donors (Lipinski definition) is 2. The number of H-pyrrole nitrogens is 1. The highest BCUT2D eigenvalue weighted by Gasteiger charge is 2.11. The van der Waals surface area contributed by atoms with Gasteiger partial charge in [0.05, 0.1) is 6.20 Å². The first kappa shape index (κ1) is 12.6. The normalized spacial score (nSPS) is 12.7. The van der Waals surface area contributed by atoms with Crippen molar-refractivity contribution in [3.05, 3.63) is 53.1 Å². The van der Waals surface area contributed by atoms with E-state index in [9.17, 15) is 13.2 Å². The van der Waals surface area contributed by atoms with Gasteiger partial charge in [0, 0.05) is 24.3 Å². The highest BCUT2D eigenvalue weighted by atomic mass is 19.2. The number of nitrogens with zero attached hydrogens (tertiary/aromatic N) is 1. The maximum atomic E-state index is 13.0. The Morgan fingerprint density at radius 1 is 1.28 bits per heavy atom. The molecule has 96 valence electrons. The lowest BCUT2D eigenvalue weighted by Gasteiger charge is -2.12. The Balaban J connectivity index is 2.02. The van der Waals surface area contributed by atoms with Crippen LogP contribution in [0.3, 0.4) is 0 Å². The van der Waals surface area contributed by atoms with E-state index in [4.69, 9.17) is 0 Å². The van der Waals surface area contributed by atoms with Crippen LogP contribution in [-0.4, -0.2) is 10.2 Å². The van der Waals surface area contributed by atoms with Gasteiger partial charge in [0.15, 0.2) is 17.5 Å². The zero-order valence-electron chi connectivity index (χ0n) is 9.67. The molecule has 0 aliphatic carbocycles. The largest absolute Gasteiger partial charge is 0.306 e. The molecule has 18 heavy (non-hydrogen) atoms. The SMILES string of the molecule is CC(NCc1cc(F)c(F)c(F)c1)c1cn[nH]c1. The number of aromatic nitrogens is 2. The molecule has 0 radical (unpaired) electrons. The van der Waals surface area contributed by atoms with E-state index in [1.165, 1.54) is 0 Å². The molecule has 0 saturated heterocycles. The maximum absolute atomic E-state index is 13.0. The minimum Gasteiger partial charge on any atom is -0.306 e. The van der Waals surface area contributed by atoms with Crippen LogP contribution in [0.15, 0.2) is 24.5 Å². The summed E-state index contributed by atoms with van der Waals surface area (Å²) in [4.78, 5) is 0. The van der Waals surface area contributed by atoms with E-state index in [1.807, 2.05) is 6.92 Å². The van der Waals surface area contributed by atoms with Gasteiger partial charge in [0.25, 0.3) is 0 Å². The van der Waals surface area contributed by atoms with Crippen LogP contribution in [0.5, 0.6) is 0 Å². The number of nitrogens with one attached hydrogen (secondary N) is 2. The van der Waals surface area contributed by atoms with Gasteiger partial charge in [-0.2, -0.15) is 5.10 Å². The maximum Gasteiger partial charge on any atom is 0.194 e. The Hall–Kier alpha value is -1.82. The average Bonchev–Trinajstić information content (AvgIpc) is 2.86. The zero-order valence-corrected chi connectivity index (χ0v) is 9.67. The van der Waals surface area contributed by atoms with Gasteiger partial charge in [-0.25, -0.2) is 13.2 Å². The molecule has 2 N–H and O–H groups in total. The predicted molar refractivity (Wildman–Crippen MR) is 60.2 cm³/mol. The molecule has 1 heterocycles. The van der Waals surface area contributed by atoms with Crippen LogP contribution in [0.1, 0.15) is 24.1 Å². The van der Waals surface area contributed by atoms with Gasteiger partial charge in [-0.05, 0) is 24.6 Å². The van der Waals surface area contributed by atoms with Crippen molar-refractivity contribution >= 4 is 0 Å². The summed E-state index contributed by atoms with van der Waals surface area (Å²) in [5.74, 6) is -3.80. The van der Waals surface area contributed by atoms with Crippen molar-refractivity contribution in [2.24, 2.45) is 0 Å². The van der Waals surface area contributed by atoms with E-state index in [-0.39, 0.29) is 12.6 Å². The summed E-state index contributed by atoms with van der Waals surface area (Å²) in [5.41, 5.74) is 1.28. The van der Waals surface area contributed by atoms with Gasteiger partial charge in [0.1, 0.15) is 0 Å².